The van der Waals surface area contributed by atoms with Crippen LogP contribution in [0, 0.1) is 0 Å². The van der Waals surface area contributed by atoms with Crippen LogP contribution in [0.5, 0.6) is 0 Å². The lowest BCUT2D eigenvalue weighted by molar-refractivity contribution is -0.142. The zero-order valence-corrected chi connectivity index (χ0v) is 17.8. The van der Waals surface area contributed by atoms with Crippen molar-refractivity contribution in [2.24, 2.45) is 0 Å². The number of alkyl halides is 3. The van der Waals surface area contributed by atoms with E-state index in [1.54, 1.807) is 30.3 Å². The van der Waals surface area contributed by atoms with E-state index >= 15 is 0 Å². The molecule has 0 aliphatic heterocycles. The van der Waals surface area contributed by atoms with Gasteiger partial charge in [0.2, 0.25) is 0 Å². The Labute approximate surface area is 188 Å². The number of methoxy groups -OCH3 is 1. The summed E-state index contributed by atoms with van der Waals surface area (Å²) >= 11 is 0. The molecule has 0 fully saturated rings. The van der Waals surface area contributed by atoms with Crippen LogP contribution in [0.25, 0.3) is 22.3 Å². The molecule has 1 aliphatic rings. The molecule has 0 bridgehead atoms. The summed E-state index contributed by atoms with van der Waals surface area (Å²) in [5.41, 5.74) is 2.07. The van der Waals surface area contributed by atoms with Crippen LogP contribution in [0.4, 0.5) is 13.2 Å². The first-order valence-electron chi connectivity index (χ1n) is 10.4. The molecule has 0 aromatic heterocycles. The molecule has 1 atom stereocenters. The summed E-state index contributed by atoms with van der Waals surface area (Å²) in [7, 11) is 1.35. The normalized spacial score (nSPS) is 18.1. The molecule has 1 unspecified atom stereocenters. The van der Waals surface area contributed by atoms with E-state index in [2.05, 4.69) is 0 Å². The van der Waals surface area contributed by atoms with Crippen molar-refractivity contribution in [3.05, 3.63) is 83.4 Å². The highest BCUT2D eigenvalue weighted by Crippen LogP contribution is 2.37. The highest BCUT2D eigenvalue weighted by molar-refractivity contribution is 6.06. The minimum atomic E-state index is -4.40. The van der Waals surface area contributed by atoms with E-state index < -0.39 is 23.3 Å². The first kappa shape index (κ1) is 22.7. The summed E-state index contributed by atoms with van der Waals surface area (Å²) in [6, 6.07) is 17.7. The summed E-state index contributed by atoms with van der Waals surface area (Å²) in [4.78, 5) is 24.2. The van der Waals surface area contributed by atoms with E-state index in [1.807, 2.05) is 18.2 Å². The average Bonchev–Trinajstić information content (AvgIpc) is 2.80. The largest absolute Gasteiger partial charge is 0.481 e. The van der Waals surface area contributed by atoms with Gasteiger partial charge in [0.05, 0.1) is 12.0 Å². The van der Waals surface area contributed by atoms with E-state index in [0.29, 0.717) is 23.1 Å². The summed E-state index contributed by atoms with van der Waals surface area (Å²) in [6.45, 7) is 0. The van der Waals surface area contributed by atoms with Crippen LogP contribution in [-0.2, 0) is 22.1 Å². The molecule has 0 amide bonds. The maximum Gasteiger partial charge on any atom is 0.416 e. The van der Waals surface area contributed by atoms with Crippen LogP contribution >= 0.6 is 0 Å². The quantitative estimate of drug-likeness (QED) is 0.512. The molecule has 170 valence electrons. The summed E-state index contributed by atoms with van der Waals surface area (Å²) < 4.78 is 44.4. The van der Waals surface area contributed by atoms with Crippen LogP contribution in [0.1, 0.15) is 34.3 Å². The molecule has 3 aromatic rings. The maximum absolute atomic E-state index is 13.0. The van der Waals surface area contributed by atoms with Gasteiger partial charge in [0.1, 0.15) is 5.60 Å². The van der Waals surface area contributed by atoms with Gasteiger partial charge < -0.3 is 9.84 Å². The number of aliphatic carboxylic acids is 1. The fourth-order valence-corrected chi connectivity index (χ4v) is 4.31. The van der Waals surface area contributed by atoms with Gasteiger partial charge in [-0.3, -0.25) is 9.59 Å². The number of aryl methyl sites for hydroxylation is 1. The predicted octanol–water partition coefficient (Wildman–Crippen LogP) is 6.03. The second kappa shape index (κ2) is 8.48. The first-order valence-corrected chi connectivity index (χ1v) is 10.4. The standard InChI is InChI=1S/C26H21F3O4/c1-33-25(15-23(30)31)12-11-20-13-19(9-10-22(20)24(25)32)17-7-5-16(6-8-17)18-3-2-4-21(14-18)26(27,28)29/h2-10,13-14H,11-12,15H2,1H3,(H,30,31). The van der Waals surface area contributed by atoms with Gasteiger partial charge in [-0.05, 0) is 52.8 Å². The highest BCUT2D eigenvalue weighted by Gasteiger charge is 2.44. The van der Waals surface area contributed by atoms with Crippen molar-refractivity contribution in [2.75, 3.05) is 7.11 Å². The summed E-state index contributed by atoms with van der Waals surface area (Å²) in [6.07, 6.45) is -4.01. The number of carboxylic acid groups (broad SMARTS) is 1. The van der Waals surface area contributed by atoms with Crippen LogP contribution in [0.2, 0.25) is 0 Å². The van der Waals surface area contributed by atoms with Crippen LogP contribution < -0.4 is 0 Å². The Morgan fingerprint density at radius 1 is 0.970 bits per heavy atom. The molecule has 3 aromatic carbocycles. The van der Waals surface area contributed by atoms with Gasteiger partial charge in [0.15, 0.2) is 5.78 Å². The third-order valence-electron chi connectivity index (χ3n) is 6.13. The Balaban J connectivity index is 1.61. The third-order valence-corrected chi connectivity index (χ3v) is 6.13. The van der Waals surface area contributed by atoms with Gasteiger partial charge in [-0.1, -0.05) is 54.6 Å². The minimum absolute atomic E-state index is 0.277. The average molecular weight is 454 g/mol. The monoisotopic (exact) mass is 454 g/mol. The van der Waals surface area contributed by atoms with Gasteiger partial charge in [0.25, 0.3) is 0 Å². The topological polar surface area (TPSA) is 63.6 Å². The number of benzene rings is 3. The van der Waals surface area contributed by atoms with Crippen molar-refractivity contribution in [3.8, 4) is 22.3 Å². The fourth-order valence-electron chi connectivity index (χ4n) is 4.31. The van der Waals surface area contributed by atoms with Gasteiger partial charge in [0, 0.05) is 12.7 Å². The number of carbonyl (C=O) groups is 2. The predicted molar refractivity (Wildman–Crippen MR) is 117 cm³/mol. The smallest absolute Gasteiger partial charge is 0.416 e. The summed E-state index contributed by atoms with van der Waals surface area (Å²) in [5.74, 6) is -1.42. The Hall–Kier alpha value is -3.45. The number of carbonyl (C=O) groups excluding carboxylic acids is 1. The van der Waals surface area contributed by atoms with Crippen LogP contribution in [0.3, 0.4) is 0 Å². The Morgan fingerprint density at radius 3 is 2.15 bits per heavy atom. The van der Waals surface area contributed by atoms with Gasteiger partial charge in [-0.25, -0.2) is 0 Å². The van der Waals surface area contributed by atoms with E-state index in [1.165, 1.54) is 13.2 Å². The second-order valence-corrected chi connectivity index (χ2v) is 8.13. The van der Waals surface area contributed by atoms with Gasteiger partial charge in [-0.15, -0.1) is 0 Å². The molecule has 33 heavy (non-hydrogen) atoms. The number of ketones is 1. The molecule has 4 rings (SSSR count). The van der Waals surface area contributed by atoms with Crippen molar-refractivity contribution in [1.82, 2.24) is 0 Å². The SMILES string of the molecule is COC1(CC(=O)O)CCc2cc(-c3ccc(-c4cccc(C(F)(F)F)c4)cc3)ccc2C1=O. The molecule has 0 heterocycles. The lowest BCUT2D eigenvalue weighted by Gasteiger charge is -2.34. The first-order chi connectivity index (χ1) is 15.6. The lowest BCUT2D eigenvalue weighted by Crippen LogP contribution is -2.46. The molecule has 7 heteroatoms. The molecule has 0 saturated carbocycles. The number of fused-ring (bicyclic) bond motifs is 1. The van der Waals surface area contributed by atoms with Gasteiger partial charge in [-0.2, -0.15) is 13.2 Å². The van der Waals surface area contributed by atoms with E-state index in [9.17, 15) is 27.9 Å². The van der Waals surface area contributed by atoms with Crippen molar-refractivity contribution >= 4 is 11.8 Å². The zero-order chi connectivity index (χ0) is 23.8. The van der Waals surface area contributed by atoms with E-state index in [4.69, 9.17) is 4.74 Å². The lowest BCUT2D eigenvalue weighted by atomic mass is 9.76. The fraction of sp³-hybridized carbons (Fsp3) is 0.231. The summed E-state index contributed by atoms with van der Waals surface area (Å²) in [5, 5.41) is 9.19. The van der Waals surface area contributed by atoms with Crippen LogP contribution in [-0.4, -0.2) is 29.6 Å². The van der Waals surface area contributed by atoms with Gasteiger partial charge >= 0.3 is 12.1 Å². The second-order valence-electron chi connectivity index (χ2n) is 8.13. The van der Waals surface area contributed by atoms with Crippen LogP contribution in [0.15, 0.2) is 66.7 Å². The van der Waals surface area contributed by atoms with Crippen molar-refractivity contribution in [1.29, 1.82) is 0 Å². The molecule has 0 radical (unpaired) electrons. The number of hydrogen-bond acceptors (Lipinski definition) is 3. The Kier molecular flexibility index (Phi) is 5.84. The number of Topliss-reactive ketones (excluding diaryl/α,β-unsaturated/α-hetero) is 1. The molecule has 1 N–H and O–H groups in total. The number of rotatable bonds is 5. The highest BCUT2D eigenvalue weighted by atomic mass is 19.4. The molecule has 0 saturated heterocycles. The molecular formula is C26H21F3O4. The molecule has 1 aliphatic carbocycles. The van der Waals surface area contributed by atoms with Crippen molar-refractivity contribution in [3.63, 3.8) is 0 Å². The Bertz CT molecular complexity index is 1210. The Morgan fingerprint density at radius 2 is 1.58 bits per heavy atom. The zero-order valence-electron chi connectivity index (χ0n) is 17.8. The number of hydrogen-bond donors (Lipinski definition) is 1. The molecule has 4 nitrogen and oxygen atoms in total. The van der Waals surface area contributed by atoms with E-state index in [0.717, 1.165) is 28.8 Å². The minimum Gasteiger partial charge on any atom is -0.481 e. The van der Waals surface area contributed by atoms with E-state index in [-0.39, 0.29) is 18.6 Å². The maximum atomic E-state index is 13.0. The molecule has 0 spiro atoms. The van der Waals surface area contributed by atoms with Crippen molar-refractivity contribution < 1.29 is 32.6 Å². The number of ether oxygens (including phenoxy) is 1. The third kappa shape index (κ3) is 4.41. The molecular weight excluding hydrogens is 433 g/mol. The van der Waals surface area contributed by atoms with Crippen molar-refractivity contribution in [2.45, 2.75) is 31.0 Å². The number of carboxylic acids is 1. The number of halogens is 3.